The molecule has 0 radical (unpaired) electrons. The lowest BCUT2D eigenvalue weighted by atomic mass is 10.1. The lowest BCUT2D eigenvalue weighted by Crippen LogP contribution is -2.25. The van der Waals surface area contributed by atoms with Gasteiger partial charge in [-0.15, -0.1) is 0 Å². The van der Waals surface area contributed by atoms with Crippen molar-refractivity contribution in [3.8, 4) is 11.4 Å². The molecule has 7 heteroatoms. The lowest BCUT2D eigenvalue weighted by molar-refractivity contribution is -0.121. The van der Waals surface area contributed by atoms with Gasteiger partial charge in [-0.2, -0.15) is 0 Å². The molecule has 0 aliphatic rings. The second-order valence-electron chi connectivity index (χ2n) is 7.67. The van der Waals surface area contributed by atoms with Crippen molar-refractivity contribution in [1.82, 2.24) is 20.3 Å². The second-order valence-corrected chi connectivity index (χ2v) is 7.67. The topological polar surface area (TPSA) is 97.0 Å². The standard InChI is InChI=1S/C24H28N4O3/c1-16(2)31-15-19-6-4-18(5-7-19)14-26-22(29)9-8-21-17(3)27-23(28-24(21)30)20-10-12-25-13-11-20/h4-7,10-13,16H,8-9,14-15H2,1-3H3,(H,26,29)(H,27,28,30). The number of aromatic nitrogens is 3. The smallest absolute Gasteiger partial charge is 0.254 e. The van der Waals surface area contributed by atoms with Crippen molar-refractivity contribution < 1.29 is 9.53 Å². The quantitative estimate of drug-likeness (QED) is 0.554. The van der Waals surface area contributed by atoms with Crippen LogP contribution in [0.2, 0.25) is 0 Å². The first-order valence-corrected chi connectivity index (χ1v) is 10.4. The van der Waals surface area contributed by atoms with Crippen molar-refractivity contribution in [3.63, 3.8) is 0 Å². The number of carbonyl (C=O) groups excluding carboxylic acids is 1. The Labute approximate surface area is 181 Å². The predicted octanol–water partition coefficient (Wildman–Crippen LogP) is 3.31. The maximum Gasteiger partial charge on any atom is 0.254 e. The molecule has 31 heavy (non-hydrogen) atoms. The monoisotopic (exact) mass is 420 g/mol. The maximum atomic E-state index is 12.5. The van der Waals surface area contributed by atoms with Crippen LogP contribution in [-0.4, -0.2) is 27.0 Å². The fourth-order valence-electron chi connectivity index (χ4n) is 3.10. The number of nitrogens with one attached hydrogen (secondary N) is 2. The van der Waals surface area contributed by atoms with E-state index in [-0.39, 0.29) is 24.0 Å². The van der Waals surface area contributed by atoms with E-state index in [1.807, 2.05) is 38.1 Å². The number of aromatic amines is 1. The van der Waals surface area contributed by atoms with E-state index in [4.69, 9.17) is 4.74 Å². The Kier molecular flexibility index (Phi) is 7.67. The van der Waals surface area contributed by atoms with E-state index in [9.17, 15) is 9.59 Å². The zero-order chi connectivity index (χ0) is 22.2. The molecule has 3 aromatic rings. The van der Waals surface area contributed by atoms with Gasteiger partial charge in [0.25, 0.3) is 5.56 Å². The van der Waals surface area contributed by atoms with Gasteiger partial charge in [-0.05, 0) is 50.5 Å². The Hall–Kier alpha value is -3.32. The first-order valence-electron chi connectivity index (χ1n) is 10.4. The summed E-state index contributed by atoms with van der Waals surface area (Å²) in [5.41, 5.74) is 3.85. The fraction of sp³-hybridized carbons (Fsp3) is 0.333. The summed E-state index contributed by atoms with van der Waals surface area (Å²) >= 11 is 0. The van der Waals surface area contributed by atoms with Crippen molar-refractivity contribution in [2.24, 2.45) is 0 Å². The Bertz CT molecular complexity index is 1060. The number of hydrogen-bond acceptors (Lipinski definition) is 5. The fourth-order valence-corrected chi connectivity index (χ4v) is 3.10. The molecule has 7 nitrogen and oxygen atoms in total. The van der Waals surface area contributed by atoms with Gasteiger partial charge in [0, 0.05) is 42.2 Å². The zero-order valence-corrected chi connectivity index (χ0v) is 18.1. The maximum absolute atomic E-state index is 12.5. The number of rotatable bonds is 9. The number of amides is 1. The van der Waals surface area contributed by atoms with Crippen LogP contribution in [0.1, 0.15) is 42.7 Å². The van der Waals surface area contributed by atoms with E-state index in [2.05, 4.69) is 20.3 Å². The molecular weight excluding hydrogens is 392 g/mol. The van der Waals surface area contributed by atoms with Gasteiger partial charge < -0.3 is 15.0 Å². The van der Waals surface area contributed by atoms with Gasteiger partial charge in [0.05, 0.1) is 12.7 Å². The van der Waals surface area contributed by atoms with Gasteiger partial charge in [-0.3, -0.25) is 14.6 Å². The molecule has 1 aromatic carbocycles. The van der Waals surface area contributed by atoms with Crippen molar-refractivity contribution in [2.75, 3.05) is 0 Å². The van der Waals surface area contributed by atoms with Crippen molar-refractivity contribution in [1.29, 1.82) is 0 Å². The number of H-pyrrole nitrogens is 1. The van der Waals surface area contributed by atoms with Crippen LogP contribution in [-0.2, 0) is 29.1 Å². The van der Waals surface area contributed by atoms with Gasteiger partial charge in [-0.25, -0.2) is 4.98 Å². The average Bonchev–Trinajstić information content (AvgIpc) is 2.77. The van der Waals surface area contributed by atoms with Crippen LogP contribution in [0.3, 0.4) is 0 Å². The largest absolute Gasteiger partial charge is 0.374 e. The van der Waals surface area contributed by atoms with E-state index < -0.39 is 0 Å². The summed E-state index contributed by atoms with van der Waals surface area (Å²) in [7, 11) is 0. The minimum Gasteiger partial charge on any atom is -0.374 e. The molecule has 0 aliphatic carbocycles. The highest BCUT2D eigenvalue weighted by atomic mass is 16.5. The zero-order valence-electron chi connectivity index (χ0n) is 18.1. The van der Waals surface area contributed by atoms with E-state index in [1.54, 1.807) is 31.5 Å². The second kappa shape index (κ2) is 10.6. The summed E-state index contributed by atoms with van der Waals surface area (Å²) in [5.74, 6) is 0.393. The summed E-state index contributed by atoms with van der Waals surface area (Å²) in [6, 6.07) is 11.5. The van der Waals surface area contributed by atoms with Crippen LogP contribution in [0.4, 0.5) is 0 Å². The first kappa shape index (κ1) is 22.4. The Morgan fingerprint density at radius 2 is 1.77 bits per heavy atom. The van der Waals surface area contributed by atoms with Crippen LogP contribution < -0.4 is 10.9 Å². The Morgan fingerprint density at radius 3 is 2.42 bits per heavy atom. The molecule has 0 unspecified atom stereocenters. The van der Waals surface area contributed by atoms with Crippen LogP contribution in [0.5, 0.6) is 0 Å². The summed E-state index contributed by atoms with van der Waals surface area (Å²) in [6.07, 6.45) is 4.05. The molecular formula is C24H28N4O3. The summed E-state index contributed by atoms with van der Waals surface area (Å²) < 4.78 is 5.59. The normalized spacial score (nSPS) is 11.0. The molecule has 2 heterocycles. The van der Waals surface area contributed by atoms with Crippen molar-refractivity contribution in [3.05, 3.63) is 81.5 Å². The summed E-state index contributed by atoms with van der Waals surface area (Å²) in [6.45, 7) is 6.82. The summed E-state index contributed by atoms with van der Waals surface area (Å²) in [5, 5.41) is 2.91. The average molecular weight is 421 g/mol. The molecule has 0 saturated carbocycles. The predicted molar refractivity (Wildman–Crippen MR) is 119 cm³/mol. The molecule has 0 saturated heterocycles. The SMILES string of the molecule is Cc1nc(-c2ccncc2)[nH]c(=O)c1CCC(=O)NCc1ccc(COC(C)C)cc1. The van der Waals surface area contributed by atoms with Crippen molar-refractivity contribution >= 4 is 5.91 Å². The molecule has 162 valence electrons. The first-order chi connectivity index (χ1) is 14.9. The Morgan fingerprint density at radius 1 is 1.10 bits per heavy atom. The number of ether oxygens (including phenoxy) is 1. The van der Waals surface area contributed by atoms with Gasteiger partial charge in [0.15, 0.2) is 0 Å². The van der Waals surface area contributed by atoms with Crippen molar-refractivity contribution in [2.45, 2.75) is 52.9 Å². The van der Waals surface area contributed by atoms with E-state index in [0.29, 0.717) is 36.7 Å². The minimum atomic E-state index is -0.216. The Balaban J connectivity index is 1.52. The summed E-state index contributed by atoms with van der Waals surface area (Å²) in [4.78, 5) is 36.0. The molecule has 2 aromatic heterocycles. The molecule has 3 rings (SSSR count). The third-order valence-electron chi connectivity index (χ3n) is 4.87. The molecule has 1 amide bonds. The third kappa shape index (κ3) is 6.58. The van der Waals surface area contributed by atoms with Gasteiger partial charge in [0.2, 0.25) is 5.91 Å². The number of nitrogens with zero attached hydrogens (tertiary/aromatic N) is 2. The molecule has 2 N–H and O–H groups in total. The molecule has 0 atom stereocenters. The van der Waals surface area contributed by atoms with Gasteiger partial charge >= 0.3 is 0 Å². The lowest BCUT2D eigenvalue weighted by Gasteiger charge is -2.10. The highest BCUT2D eigenvalue weighted by Gasteiger charge is 2.12. The van der Waals surface area contributed by atoms with E-state index in [0.717, 1.165) is 16.7 Å². The number of hydrogen-bond donors (Lipinski definition) is 2. The van der Waals surface area contributed by atoms with Gasteiger partial charge in [0.1, 0.15) is 5.82 Å². The highest BCUT2D eigenvalue weighted by molar-refractivity contribution is 5.76. The third-order valence-corrected chi connectivity index (χ3v) is 4.87. The molecule has 0 spiro atoms. The van der Waals surface area contributed by atoms with Crippen LogP contribution >= 0.6 is 0 Å². The highest BCUT2D eigenvalue weighted by Crippen LogP contribution is 2.13. The number of benzene rings is 1. The minimum absolute atomic E-state index is 0.107. The van der Waals surface area contributed by atoms with Gasteiger partial charge in [-0.1, -0.05) is 24.3 Å². The molecule has 0 fully saturated rings. The van der Waals surface area contributed by atoms with E-state index >= 15 is 0 Å². The van der Waals surface area contributed by atoms with E-state index in [1.165, 1.54) is 0 Å². The molecule has 0 bridgehead atoms. The van der Waals surface area contributed by atoms with Crippen LogP contribution in [0, 0.1) is 6.92 Å². The number of aryl methyl sites for hydroxylation is 1. The number of carbonyl (C=O) groups is 1. The van der Waals surface area contributed by atoms with Crippen LogP contribution in [0.25, 0.3) is 11.4 Å². The number of pyridine rings is 1. The van der Waals surface area contributed by atoms with Crippen LogP contribution in [0.15, 0.2) is 53.6 Å². The molecule has 0 aliphatic heterocycles.